The third kappa shape index (κ3) is 3.05. The number of pyridine rings is 2. The van der Waals surface area contributed by atoms with E-state index in [2.05, 4.69) is 4.98 Å². The lowest BCUT2D eigenvalue weighted by Gasteiger charge is -2.27. The van der Waals surface area contributed by atoms with Crippen LogP contribution in [0.4, 0.5) is 0 Å². The number of aromatic nitrogens is 2. The number of nitrogens with zero attached hydrogens (tertiary/aromatic N) is 3. The lowest BCUT2D eigenvalue weighted by Crippen LogP contribution is -2.34. The van der Waals surface area contributed by atoms with Gasteiger partial charge in [0.25, 0.3) is 5.91 Å². The number of rotatable bonds is 4. The average Bonchev–Trinajstić information content (AvgIpc) is 2.65. The number of hydrogen-bond acceptors (Lipinski definition) is 3. The maximum atomic E-state index is 13.0. The van der Waals surface area contributed by atoms with E-state index in [0.29, 0.717) is 5.39 Å². The molecule has 0 aliphatic heterocycles. The lowest BCUT2D eigenvalue weighted by atomic mass is 10.0. The fourth-order valence-corrected chi connectivity index (χ4v) is 3.23. The third-order valence-electron chi connectivity index (χ3n) is 4.57. The second-order valence-corrected chi connectivity index (χ2v) is 6.13. The minimum absolute atomic E-state index is 0.127. The summed E-state index contributed by atoms with van der Waals surface area (Å²) < 4.78 is 1.82. The van der Waals surface area contributed by atoms with Gasteiger partial charge in [0.05, 0.1) is 11.6 Å². The SMILES string of the molecule is CCC(c1cccnc1)N(C)C(=O)c1cn(C)c2ccccc2c1=O. The van der Waals surface area contributed by atoms with Crippen LogP contribution in [0.2, 0.25) is 0 Å². The molecule has 0 saturated heterocycles. The quantitative estimate of drug-likeness (QED) is 0.736. The maximum Gasteiger partial charge on any atom is 0.259 e. The Labute approximate surface area is 146 Å². The van der Waals surface area contributed by atoms with Crippen molar-refractivity contribution in [2.75, 3.05) is 7.05 Å². The molecular formula is C20H21N3O2. The number of amides is 1. The van der Waals surface area contributed by atoms with Gasteiger partial charge in [-0.2, -0.15) is 0 Å². The number of fused-ring (bicyclic) bond motifs is 1. The summed E-state index contributed by atoms with van der Waals surface area (Å²) in [5.41, 5.74) is 1.72. The van der Waals surface area contributed by atoms with Crippen molar-refractivity contribution in [3.63, 3.8) is 0 Å². The van der Waals surface area contributed by atoms with Gasteiger partial charge in [-0.15, -0.1) is 0 Å². The van der Waals surface area contributed by atoms with E-state index in [1.54, 1.807) is 36.6 Å². The van der Waals surface area contributed by atoms with Gasteiger partial charge in [0.1, 0.15) is 5.56 Å². The molecule has 0 aliphatic carbocycles. The Kier molecular flexibility index (Phi) is 4.65. The van der Waals surface area contributed by atoms with Crippen molar-refractivity contribution in [3.05, 3.63) is 76.3 Å². The van der Waals surface area contributed by atoms with Crippen LogP contribution >= 0.6 is 0 Å². The molecule has 3 rings (SSSR count). The van der Waals surface area contributed by atoms with E-state index in [1.807, 2.05) is 48.9 Å². The normalized spacial score (nSPS) is 12.1. The first-order chi connectivity index (χ1) is 12.0. The van der Waals surface area contributed by atoms with Gasteiger partial charge in [0, 0.05) is 38.1 Å². The minimum Gasteiger partial charge on any atom is -0.350 e. The van der Waals surface area contributed by atoms with Crippen molar-refractivity contribution in [2.45, 2.75) is 19.4 Å². The topological polar surface area (TPSA) is 55.2 Å². The standard InChI is InChI=1S/C20H21N3O2/c1-4-17(14-8-7-11-21-12-14)23(3)20(25)16-13-22(2)18-10-6-5-9-15(18)19(16)24/h5-13,17H,4H2,1-3H3. The fourth-order valence-electron chi connectivity index (χ4n) is 3.23. The summed E-state index contributed by atoms with van der Waals surface area (Å²) in [6.45, 7) is 2.01. The molecule has 0 spiro atoms. The van der Waals surface area contributed by atoms with Gasteiger partial charge in [0.2, 0.25) is 5.43 Å². The zero-order chi connectivity index (χ0) is 18.0. The van der Waals surface area contributed by atoms with E-state index in [9.17, 15) is 9.59 Å². The van der Waals surface area contributed by atoms with Crippen LogP contribution in [-0.2, 0) is 7.05 Å². The lowest BCUT2D eigenvalue weighted by molar-refractivity contribution is 0.0724. The predicted molar refractivity (Wildman–Crippen MR) is 98.6 cm³/mol. The monoisotopic (exact) mass is 335 g/mol. The van der Waals surface area contributed by atoms with Crippen LogP contribution in [0.5, 0.6) is 0 Å². The van der Waals surface area contributed by atoms with Crippen molar-refractivity contribution in [1.82, 2.24) is 14.5 Å². The van der Waals surface area contributed by atoms with Crippen molar-refractivity contribution in [3.8, 4) is 0 Å². The van der Waals surface area contributed by atoms with Crippen molar-refractivity contribution < 1.29 is 4.79 Å². The molecule has 0 fully saturated rings. The Morgan fingerprint density at radius 3 is 2.68 bits per heavy atom. The molecule has 0 N–H and O–H groups in total. The van der Waals surface area contributed by atoms with Crippen LogP contribution in [0.1, 0.15) is 35.3 Å². The van der Waals surface area contributed by atoms with Gasteiger partial charge in [-0.1, -0.05) is 25.1 Å². The van der Waals surface area contributed by atoms with E-state index in [-0.39, 0.29) is 22.9 Å². The molecule has 5 nitrogen and oxygen atoms in total. The van der Waals surface area contributed by atoms with Gasteiger partial charge in [-0.05, 0) is 30.2 Å². The molecule has 1 unspecified atom stereocenters. The van der Waals surface area contributed by atoms with Crippen LogP contribution in [0.3, 0.4) is 0 Å². The second-order valence-electron chi connectivity index (χ2n) is 6.13. The summed E-state index contributed by atoms with van der Waals surface area (Å²) in [5, 5.41) is 0.554. The summed E-state index contributed by atoms with van der Waals surface area (Å²) in [5.74, 6) is -0.276. The molecule has 5 heteroatoms. The molecular weight excluding hydrogens is 314 g/mol. The zero-order valence-corrected chi connectivity index (χ0v) is 14.6. The number of benzene rings is 1. The maximum absolute atomic E-state index is 13.0. The Morgan fingerprint density at radius 2 is 2.00 bits per heavy atom. The summed E-state index contributed by atoms with van der Waals surface area (Å²) in [4.78, 5) is 31.6. The van der Waals surface area contributed by atoms with Crippen LogP contribution in [-0.4, -0.2) is 27.4 Å². The molecule has 0 aliphatic rings. The minimum atomic E-state index is -0.276. The summed E-state index contributed by atoms with van der Waals surface area (Å²) in [6, 6.07) is 11.0. The first-order valence-corrected chi connectivity index (χ1v) is 8.30. The number of aryl methyl sites for hydroxylation is 1. The Morgan fingerprint density at radius 1 is 1.24 bits per heavy atom. The van der Waals surface area contributed by atoms with Gasteiger partial charge < -0.3 is 9.47 Å². The van der Waals surface area contributed by atoms with Crippen LogP contribution in [0, 0.1) is 0 Å². The number of hydrogen-bond donors (Lipinski definition) is 0. The molecule has 0 bridgehead atoms. The van der Waals surface area contributed by atoms with Crippen molar-refractivity contribution in [2.24, 2.45) is 7.05 Å². The predicted octanol–water partition coefficient (Wildman–Crippen LogP) is 3.16. The summed E-state index contributed by atoms with van der Waals surface area (Å²) >= 11 is 0. The molecule has 128 valence electrons. The molecule has 1 atom stereocenters. The first-order valence-electron chi connectivity index (χ1n) is 8.30. The van der Waals surface area contributed by atoms with E-state index >= 15 is 0 Å². The van der Waals surface area contributed by atoms with E-state index in [1.165, 1.54) is 0 Å². The highest BCUT2D eigenvalue weighted by molar-refractivity contribution is 5.97. The van der Waals surface area contributed by atoms with Crippen molar-refractivity contribution in [1.29, 1.82) is 0 Å². The summed E-state index contributed by atoms with van der Waals surface area (Å²) in [6.07, 6.45) is 5.83. The number of para-hydroxylation sites is 1. The highest BCUT2D eigenvalue weighted by Crippen LogP contribution is 2.23. The van der Waals surface area contributed by atoms with Gasteiger partial charge >= 0.3 is 0 Å². The highest BCUT2D eigenvalue weighted by atomic mass is 16.2. The molecule has 1 aromatic carbocycles. The molecule has 2 heterocycles. The highest BCUT2D eigenvalue weighted by Gasteiger charge is 2.24. The Balaban J connectivity index is 2.04. The number of carbonyl (C=O) groups is 1. The van der Waals surface area contributed by atoms with E-state index in [4.69, 9.17) is 0 Å². The molecule has 25 heavy (non-hydrogen) atoms. The summed E-state index contributed by atoms with van der Waals surface area (Å²) in [7, 11) is 3.58. The Bertz CT molecular complexity index is 964. The molecule has 1 amide bonds. The van der Waals surface area contributed by atoms with Gasteiger partial charge in [-0.3, -0.25) is 14.6 Å². The molecule has 2 aromatic heterocycles. The fraction of sp³-hybridized carbons (Fsp3) is 0.250. The third-order valence-corrected chi connectivity index (χ3v) is 4.57. The largest absolute Gasteiger partial charge is 0.350 e. The van der Waals surface area contributed by atoms with Crippen LogP contribution in [0.25, 0.3) is 10.9 Å². The first kappa shape index (κ1) is 16.9. The second kappa shape index (κ2) is 6.89. The van der Waals surface area contributed by atoms with E-state index in [0.717, 1.165) is 17.5 Å². The molecule has 0 saturated carbocycles. The van der Waals surface area contributed by atoms with Crippen LogP contribution < -0.4 is 5.43 Å². The average molecular weight is 335 g/mol. The zero-order valence-electron chi connectivity index (χ0n) is 14.6. The van der Waals surface area contributed by atoms with Gasteiger partial charge in [0.15, 0.2) is 0 Å². The number of carbonyl (C=O) groups excluding carboxylic acids is 1. The Hall–Kier alpha value is -2.95. The van der Waals surface area contributed by atoms with E-state index < -0.39 is 0 Å². The van der Waals surface area contributed by atoms with Crippen molar-refractivity contribution >= 4 is 16.8 Å². The molecule has 0 radical (unpaired) electrons. The smallest absolute Gasteiger partial charge is 0.259 e. The van der Waals surface area contributed by atoms with Gasteiger partial charge in [-0.25, -0.2) is 0 Å². The molecule has 3 aromatic rings. The van der Waals surface area contributed by atoms with Crippen LogP contribution in [0.15, 0.2) is 59.8 Å².